The molecule has 0 saturated carbocycles. The van der Waals surface area contributed by atoms with Crippen molar-refractivity contribution in [2.45, 2.75) is 87.5 Å². The van der Waals surface area contributed by atoms with Crippen molar-refractivity contribution in [3.05, 3.63) is 90.5 Å². The van der Waals surface area contributed by atoms with E-state index < -0.39 is 41.7 Å². The summed E-state index contributed by atoms with van der Waals surface area (Å²) >= 11 is 3.76. The maximum absolute atomic E-state index is 15.0. The molecule has 1 unspecified atom stereocenters. The highest BCUT2D eigenvalue weighted by molar-refractivity contribution is 9.09. The van der Waals surface area contributed by atoms with Crippen molar-refractivity contribution in [1.29, 1.82) is 0 Å². The van der Waals surface area contributed by atoms with Crippen LogP contribution in [0.2, 0.25) is 0 Å². The summed E-state index contributed by atoms with van der Waals surface area (Å²) in [6, 6.07) is 14.0. The number of unbranched alkanes of at least 4 members (excludes halogenated alkanes) is 3. The maximum Gasteiger partial charge on any atom is 0.313 e. The molecule has 2 aromatic rings. The third kappa shape index (κ3) is 7.85. The van der Waals surface area contributed by atoms with Crippen LogP contribution in [0.15, 0.2) is 73.8 Å². The molecule has 3 amide bonds. The van der Waals surface area contributed by atoms with Gasteiger partial charge in [0, 0.05) is 36.6 Å². The number of para-hydroxylation sites is 1. The normalized spacial score (nSPS) is 25.3. The zero-order valence-electron chi connectivity index (χ0n) is 29.6. The maximum atomic E-state index is 15.0. The van der Waals surface area contributed by atoms with Gasteiger partial charge in [0.05, 0.1) is 24.5 Å². The number of likely N-dealkylation sites (tertiary alicyclic amines) is 1. The lowest BCUT2D eigenvalue weighted by atomic mass is 9.70. The molecule has 2 bridgehead atoms. The lowest BCUT2D eigenvalue weighted by molar-refractivity contribution is -0.160. The molecular weight excluding hydrogens is 714 g/mol. The lowest BCUT2D eigenvalue weighted by Crippen LogP contribution is -2.57. The van der Waals surface area contributed by atoms with Crippen LogP contribution in [-0.4, -0.2) is 82.5 Å². The SMILES string of the molecule is C=CCCC(=O)NC[C@H](OC(=O)[C@H]1[C@@H]2O[C@@]3(CC2Br)[C@@H]1C(=O)N(CCCCCCO)[C@@H]3C(=O)N(CC=C)c1c(C)cccc1C)c1ccccc1. The number of nitrogens with one attached hydrogen (secondary N) is 1. The van der Waals surface area contributed by atoms with Crippen LogP contribution >= 0.6 is 15.9 Å². The Morgan fingerprint density at radius 1 is 1.08 bits per heavy atom. The van der Waals surface area contributed by atoms with Gasteiger partial charge in [0.15, 0.2) is 0 Å². The Bertz CT molecular complexity index is 1580. The lowest BCUT2D eigenvalue weighted by Gasteiger charge is -2.38. The highest BCUT2D eigenvalue weighted by atomic mass is 79.9. The van der Waals surface area contributed by atoms with E-state index in [0.717, 1.165) is 29.7 Å². The molecule has 10 nitrogen and oxygen atoms in total. The smallest absolute Gasteiger partial charge is 0.313 e. The second-order valence-electron chi connectivity index (χ2n) is 13.8. The molecule has 0 radical (unpaired) electrons. The van der Waals surface area contributed by atoms with Crippen molar-refractivity contribution in [3.8, 4) is 0 Å². The molecule has 1 spiro atoms. The van der Waals surface area contributed by atoms with Gasteiger partial charge >= 0.3 is 5.97 Å². The second-order valence-corrected chi connectivity index (χ2v) is 15.0. The van der Waals surface area contributed by atoms with E-state index in [4.69, 9.17) is 9.47 Å². The molecule has 7 atom stereocenters. The minimum Gasteiger partial charge on any atom is -0.455 e. The van der Waals surface area contributed by atoms with Gasteiger partial charge in [-0.25, -0.2) is 0 Å². The molecule has 0 aliphatic carbocycles. The van der Waals surface area contributed by atoms with Gasteiger partial charge in [-0.3, -0.25) is 19.2 Å². The average molecular weight is 765 g/mol. The van der Waals surface area contributed by atoms with Crippen molar-refractivity contribution in [1.82, 2.24) is 10.2 Å². The number of hydrogen-bond donors (Lipinski definition) is 2. The van der Waals surface area contributed by atoms with Gasteiger partial charge in [0.2, 0.25) is 11.8 Å². The summed E-state index contributed by atoms with van der Waals surface area (Å²) in [5, 5.41) is 12.2. The van der Waals surface area contributed by atoms with Gasteiger partial charge in [-0.05, 0) is 56.2 Å². The third-order valence-corrected chi connectivity index (χ3v) is 11.2. The van der Waals surface area contributed by atoms with E-state index in [1.165, 1.54) is 0 Å². The summed E-state index contributed by atoms with van der Waals surface area (Å²) in [5.74, 6) is -3.28. The molecule has 3 saturated heterocycles. The van der Waals surface area contributed by atoms with E-state index in [9.17, 15) is 19.5 Å². The molecule has 3 fully saturated rings. The van der Waals surface area contributed by atoms with Gasteiger partial charge in [-0.15, -0.1) is 13.2 Å². The summed E-state index contributed by atoms with van der Waals surface area (Å²) in [5.41, 5.74) is 2.03. The number of benzene rings is 2. The van der Waals surface area contributed by atoms with Gasteiger partial charge in [-0.1, -0.05) is 89.5 Å². The topological polar surface area (TPSA) is 125 Å². The minimum absolute atomic E-state index is 0.0544. The number of aryl methyl sites for hydroxylation is 2. The number of esters is 1. The Morgan fingerprint density at radius 2 is 1.78 bits per heavy atom. The first-order valence-corrected chi connectivity index (χ1v) is 18.9. The summed E-state index contributed by atoms with van der Waals surface area (Å²) in [6.45, 7) is 12.2. The van der Waals surface area contributed by atoms with Crippen molar-refractivity contribution >= 4 is 45.3 Å². The molecule has 3 aliphatic rings. The molecule has 2 N–H and O–H groups in total. The first-order chi connectivity index (χ1) is 24.6. The highest BCUT2D eigenvalue weighted by Crippen LogP contribution is 2.60. The van der Waals surface area contributed by atoms with Crippen LogP contribution in [0, 0.1) is 25.7 Å². The largest absolute Gasteiger partial charge is 0.455 e. The number of nitrogens with zero attached hydrogens (tertiary/aromatic N) is 2. The number of anilines is 1. The fourth-order valence-corrected chi connectivity index (χ4v) is 9.05. The van der Waals surface area contributed by atoms with Gasteiger partial charge in [0.25, 0.3) is 5.91 Å². The zero-order valence-corrected chi connectivity index (χ0v) is 31.2. The monoisotopic (exact) mass is 763 g/mol. The standard InChI is InChI=1S/C40H50BrN3O7/c1-5-7-20-31(46)42-25-30(28-18-11-10-12-19-28)50-39(49)32-33-37(47)44(22-13-8-9-14-23-45)36(40(33)24-29(41)35(32)51-40)38(48)43(21-6-2)34-26(3)16-15-17-27(34)4/h5-6,10-12,15-19,29-30,32-33,35-36,45H,1-2,7-9,13-14,20-25H2,3-4H3,(H,42,46)/t29?,30-,32+,33-,35+,36+,40-/m0/s1. The van der Waals surface area contributed by atoms with Crippen molar-refractivity contribution < 1.29 is 33.8 Å². The Balaban J connectivity index is 1.49. The van der Waals surface area contributed by atoms with Crippen LogP contribution in [0.5, 0.6) is 0 Å². The summed E-state index contributed by atoms with van der Waals surface area (Å²) < 4.78 is 13.0. The van der Waals surface area contributed by atoms with Crippen LogP contribution in [0.4, 0.5) is 5.69 Å². The number of fused-ring (bicyclic) bond motifs is 1. The number of rotatable bonds is 18. The predicted octanol–water partition coefficient (Wildman–Crippen LogP) is 5.49. The first kappa shape index (κ1) is 38.4. The fourth-order valence-electron chi connectivity index (χ4n) is 8.11. The predicted molar refractivity (Wildman–Crippen MR) is 199 cm³/mol. The highest BCUT2D eigenvalue weighted by Gasteiger charge is 2.77. The van der Waals surface area contributed by atoms with Crippen molar-refractivity contribution in [3.63, 3.8) is 0 Å². The van der Waals surface area contributed by atoms with Crippen molar-refractivity contribution in [2.75, 3.05) is 31.1 Å². The van der Waals surface area contributed by atoms with E-state index in [1.807, 2.05) is 62.4 Å². The Labute approximate surface area is 309 Å². The number of aliphatic hydroxyl groups excluding tert-OH is 1. The number of carbonyl (C=O) groups is 4. The molecule has 274 valence electrons. The number of allylic oxidation sites excluding steroid dienone is 1. The summed E-state index contributed by atoms with van der Waals surface area (Å²) in [4.78, 5) is 59.6. The number of alkyl halides is 1. The number of hydrogen-bond acceptors (Lipinski definition) is 7. The molecule has 5 rings (SSSR count). The number of ether oxygens (including phenoxy) is 2. The average Bonchev–Trinajstić information content (AvgIpc) is 3.71. The first-order valence-electron chi connectivity index (χ1n) is 17.9. The van der Waals surface area contributed by atoms with Gasteiger partial charge in [-0.2, -0.15) is 0 Å². The number of aliphatic hydroxyl groups is 1. The molecule has 51 heavy (non-hydrogen) atoms. The zero-order chi connectivity index (χ0) is 36.7. The fraction of sp³-hybridized carbons (Fsp3) is 0.500. The van der Waals surface area contributed by atoms with Crippen LogP contribution in [-0.2, 0) is 28.7 Å². The molecule has 0 aromatic heterocycles. The van der Waals surface area contributed by atoms with E-state index in [1.54, 1.807) is 22.0 Å². The Kier molecular flexibility index (Phi) is 12.9. The van der Waals surface area contributed by atoms with E-state index >= 15 is 4.79 Å². The quantitative estimate of drug-likeness (QED) is 0.0891. The van der Waals surface area contributed by atoms with Crippen LogP contribution in [0.3, 0.4) is 0 Å². The van der Waals surface area contributed by atoms with Crippen molar-refractivity contribution in [2.24, 2.45) is 11.8 Å². The molecule has 2 aromatic carbocycles. The molecular formula is C40H50BrN3O7. The van der Waals surface area contributed by atoms with Crippen LogP contribution in [0.25, 0.3) is 0 Å². The number of carbonyl (C=O) groups excluding carboxylic acids is 4. The van der Waals surface area contributed by atoms with Crippen LogP contribution < -0.4 is 10.2 Å². The van der Waals surface area contributed by atoms with Crippen LogP contribution in [0.1, 0.15) is 67.7 Å². The third-order valence-electron chi connectivity index (χ3n) is 10.4. The summed E-state index contributed by atoms with van der Waals surface area (Å²) in [7, 11) is 0. The molecule has 3 heterocycles. The van der Waals surface area contributed by atoms with E-state index in [-0.39, 0.29) is 48.7 Å². The Hall–Kier alpha value is -3.80. The second kappa shape index (κ2) is 17.1. The summed E-state index contributed by atoms with van der Waals surface area (Å²) in [6.07, 6.45) is 5.83. The van der Waals surface area contributed by atoms with E-state index in [0.29, 0.717) is 37.8 Å². The van der Waals surface area contributed by atoms with E-state index in [2.05, 4.69) is 34.4 Å². The van der Waals surface area contributed by atoms with Gasteiger partial charge < -0.3 is 29.7 Å². The van der Waals surface area contributed by atoms with Gasteiger partial charge in [0.1, 0.15) is 17.7 Å². The molecule has 3 aliphatic heterocycles. The Morgan fingerprint density at radius 3 is 2.45 bits per heavy atom. The molecule has 11 heteroatoms. The number of amides is 3. The minimum atomic E-state index is -1.26. The number of halogens is 1.